The lowest BCUT2D eigenvalue weighted by Crippen LogP contribution is -2.32. The molecule has 2 aliphatic rings. The second-order valence-electron chi connectivity index (χ2n) is 3.76. The van der Waals surface area contributed by atoms with Gasteiger partial charge in [0, 0.05) is 21.3 Å². The van der Waals surface area contributed by atoms with Crippen LogP contribution in [-0.4, -0.2) is 21.3 Å². The fourth-order valence-corrected chi connectivity index (χ4v) is 4.22. The van der Waals surface area contributed by atoms with Crippen LogP contribution in [0.25, 0.3) is 0 Å². The van der Waals surface area contributed by atoms with Crippen LogP contribution in [0.5, 0.6) is 0 Å². The summed E-state index contributed by atoms with van der Waals surface area (Å²) in [6, 6.07) is 0. The number of rotatable bonds is 2. The van der Waals surface area contributed by atoms with Crippen LogP contribution in [0.3, 0.4) is 0 Å². The molecular formula is C9H14Cl2S. The predicted molar refractivity (Wildman–Crippen MR) is 57.5 cm³/mol. The number of halogens is 2. The van der Waals surface area contributed by atoms with Crippen molar-refractivity contribution in [3.05, 3.63) is 0 Å². The van der Waals surface area contributed by atoms with Crippen molar-refractivity contribution in [1.29, 1.82) is 0 Å². The van der Waals surface area contributed by atoms with Crippen molar-refractivity contribution >= 4 is 35.0 Å². The summed E-state index contributed by atoms with van der Waals surface area (Å²) in [5.74, 6) is 0. The molecule has 0 spiro atoms. The molecule has 0 bridgehead atoms. The van der Waals surface area contributed by atoms with Crippen LogP contribution in [0, 0.1) is 0 Å². The maximum atomic E-state index is 6.24. The van der Waals surface area contributed by atoms with Gasteiger partial charge in [0.05, 0.1) is 0 Å². The molecule has 0 aromatic rings. The summed E-state index contributed by atoms with van der Waals surface area (Å²) in [7, 11) is 0. The highest BCUT2D eigenvalue weighted by atomic mass is 35.5. The highest BCUT2D eigenvalue weighted by Gasteiger charge is 2.36. The molecule has 0 heterocycles. The average molecular weight is 225 g/mol. The third kappa shape index (κ3) is 2.24. The quantitative estimate of drug-likeness (QED) is 0.646. The first-order valence-electron chi connectivity index (χ1n) is 4.71. The highest BCUT2D eigenvalue weighted by molar-refractivity contribution is 8.01. The first-order valence-corrected chi connectivity index (χ1v) is 6.52. The first-order chi connectivity index (χ1) is 5.77. The molecule has 2 fully saturated rings. The Morgan fingerprint density at radius 2 is 1.50 bits per heavy atom. The summed E-state index contributed by atoms with van der Waals surface area (Å²) in [6.45, 7) is 0. The van der Waals surface area contributed by atoms with E-state index in [1.165, 1.54) is 19.3 Å². The van der Waals surface area contributed by atoms with Gasteiger partial charge in [-0.15, -0.1) is 23.2 Å². The molecule has 2 atom stereocenters. The zero-order valence-electron chi connectivity index (χ0n) is 7.01. The van der Waals surface area contributed by atoms with Crippen LogP contribution in [0.4, 0.5) is 0 Å². The molecular weight excluding hydrogens is 211 g/mol. The number of thioether (sulfide) groups is 1. The summed E-state index contributed by atoms with van der Waals surface area (Å²) < 4.78 is 0. The van der Waals surface area contributed by atoms with Gasteiger partial charge in [0.25, 0.3) is 0 Å². The van der Waals surface area contributed by atoms with Crippen LogP contribution >= 0.6 is 35.0 Å². The number of hydrogen-bond acceptors (Lipinski definition) is 1. The van der Waals surface area contributed by atoms with Crippen molar-refractivity contribution < 1.29 is 0 Å². The average Bonchev–Trinajstić information content (AvgIpc) is 2.80. The van der Waals surface area contributed by atoms with E-state index in [0.29, 0.717) is 16.0 Å². The largest absolute Gasteiger partial charge is 0.152 e. The minimum absolute atomic E-state index is 0.326. The molecule has 2 aliphatic carbocycles. The molecule has 2 saturated carbocycles. The van der Waals surface area contributed by atoms with E-state index in [9.17, 15) is 0 Å². The van der Waals surface area contributed by atoms with E-state index in [4.69, 9.17) is 23.2 Å². The molecule has 0 aromatic heterocycles. The van der Waals surface area contributed by atoms with Gasteiger partial charge in [-0.25, -0.2) is 0 Å². The van der Waals surface area contributed by atoms with E-state index in [-0.39, 0.29) is 0 Å². The van der Waals surface area contributed by atoms with Crippen molar-refractivity contribution in [2.45, 2.75) is 53.4 Å². The Morgan fingerprint density at radius 1 is 0.917 bits per heavy atom. The van der Waals surface area contributed by atoms with E-state index in [1.54, 1.807) is 0 Å². The maximum absolute atomic E-state index is 6.24. The topological polar surface area (TPSA) is 0 Å². The minimum atomic E-state index is 0.326. The third-order valence-corrected chi connectivity index (χ3v) is 5.65. The minimum Gasteiger partial charge on any atom is -0.152 e. The lowest BCUT2D eigenvalue weighted by molar-refractivity contribution is 0.529. The van der Waals surface area contributed by atoms with Crippen molar-refractivity contribution in [1.82, 2.24) is 0 Å². The Morgan fingerprint density at radius 3 is 2.00 bits per heavy atom. The summed E-state index contributed by atoms with van der Waals surface area (Å²) in [5, 5.41) is 2.06. The van der Waals surface area contributed by atoms with E-state index in [0.717, 1.165) is 18.1 Å². The second-order valence-corrected chi connectivity index (χ2v) is 6.37. The smallest absolute Gasteiger partial charge is 0.0469 e. The van der Waals surface area contributed by atoms with Gasteiger partial charge in [-0.1, -0.05) is 6.42 Å². The molecule has 2 unspecified atom stereocenters. The summed E-state index contributed by atoms with van der Waals surface area (Å²) in [6.07, 6.45) is 6.30. The van der Waals surface area contributed by atoms with Gasteiger partial charge in [-0.2, -0.15) is 11.8 Å². The maximum Gasteiger partial charge on any atom is 0.0469 e. The van der Waals surface area contributed by atoms with Gasteiger partial charge < -0.3 is 0 Å². The van der Waals surface area contributed by atoms with Crippen molar-refractivity contribution in [2.75, 3.05) is 0 Å². The fraction of sp³-hybridized carbons (Fsp3) is 1.00. The van der Waals surface area contributed by atoms with Gasteiger partial charge in [0.1, 0.15) is 0 Å². The Bertz CT molecular complexity index is 149. The molecule has 0 nitrogen and oxygen atoms in total. The first kappa shape index (κ1) is 9.48. The molecule has 0 N–H and O–H groups in total. The Labute approximate surface area is 88.4 Å². The lowest BCUT2D eigenvalue weighted by Gasteiger charge is -2.30. The van der Waals surface area contributed by atoms with Gasteiger partial charge in [0.2, 0.25) is 0 Å². The van der Waals surface area contributed by atoms with Crippen molar-refractivity contribution in [3.8, 4) is 0 Å². The molecule has 0 aromatic carbocycles. The zero-order chi connectivity index (χ0) is 8.55. The monoisotopic (exact) mass is 224 g/mol. The Balaban J connectivity index is 1.88. The van der Waals surface area contributed by atoms with E-state index < -0.39 is 0 Å². The van der Waals surface area contributed by atoms with Gasteiger partial charge in [0.15, 0.2) is 0 Å². The van der Waals surface area contributed by atoms with E-state index >= 15 is 0 Å². The van der Waals surface area contributed by atoms with Crippen molar-refractivity contribution in [3.63, 3.8) is 0 Å². The molecule has 0 radical (unpaired) electrons. The summed E-state index contributed by atoms with van der Waals surface area (Å²) in [5.41, 5.74) is 0. The molecule has 0 amide bonds. The van der Waals surface area contributed by atoms with Gasteiger partial charge in [-0.05, 0) is 25.7 Å². The van der Waals surface area contributed by atoms with Gasteiger partial charge in [-0.3, -0.25) is 0 Å². The number of alkyl halides is 2. The van der Waals surface area contributed by atoms with Crippen LogP contribution in [0.2, 0.25) is 0 Å². The molecule has 70 valence electrons. The molecule has 2 rings (SSSR count). The normalized spacial score (nSPS) is 43.0. The van der Waals surface area contributed by atoms with Gasteiger partial charge >= 0.3 is 0 Å². The SMILES string of the molecule is ClC1CCCC(Cl)C1SC1CC1. The molecule has 0 aliphatic heterocycles. The van der Waals surface area contributed by atoms with E-state index in [2.05, 4.69) is 0 Å². The molecule has 12 heavy (non-hydrogen) atoms. The second kappa shape index (κ2) is 3.98. The standard InChI is InChI=1S/C9H14Cl2S/c10-7-2-1-3-8(11)9(7)12-6-4-5-6/h6-9H,1-5H2. The fourth-order valence-electron chi connectivity index (χ4n) is 1.66. The summed E-state index contributed by atoms with van der Waals surface area (Å²) in [4.78, 5) is 0. The Hall–Kier alpha value is 0.930. The highest BCUT2D eigenvalue weighted by Crippen LogP contribution is 2.44. The van der Waals surface area contributed by atoms with Crippen LogP contribution in [0.1, 0.15) is 32.1 Å². The van der Waals surface area contributed by atoms with Crippen molar-refractivity contribution in [2.24, 2.45) is 0 Å². The van der Waals surface area contributed by atoms with Crippen LogP contribution < -0.4 is 0 Å². The predicted octanol–water partition coefficient (Wildman–Crippen LogP) is 3.65. The lowest BCUT2D eigenvalue weighted by atomic mass is 9.99. The number of hydrogen-bond donors (Lipinski definition) is 0. The van der Waals surface area contributed by atoms with Crippen LogP contribution in [0.15, 0.2) is 0 Å². The Kier molecular flexibility index (Phi) is 3.14. The molecule has 0 saturated heterocycles. The zero-order valence-corrected chi connectivity index (χ0v) is 9.34. The third-order valence-electron chi connectivity index (χ3n) is 2.55. The van der Waals surface area contributed by atoms with E-state index in [1.807, 2.05) is 11.8 Å². The summed E-state index contributed by atoms with van der Waals surface area (Å²) >= 11 is 14.5. The van der Waals surface area contributed by atoms with Crippen LogP contribution in [-0.2, 0) is 0 Å². The molecule has 3 heteroatoms.